The van der Waals surface area contributed by atoms with E-state index in [1.807, 2.05) is 55.7 Å². The molecule has 2 fully saturated rings. The van der Waals surface area contributed by atoms with E-state index in [4.69, 9.17) is 4.74 Å². The molecule has 1 aromatic carbocycles. The van der Waals surface area contributed by atoms with E-state index in [-0.39, 0.29) is 18.0 Å². The van der Waals surface area contributed by atoms with Crippen LogP contribution in [0.15, 0.2) is 36.8 Å². The Kier molecular flexibility index (Phi) is 4.79. The van der Waals surface area contributed by atoms with Crippen molar-refractivity contribution in [3.8, 4) is 0 Å². The van der Waals surface area contributed by atoms with Crippen molar-refractivity contribution >= 4 is 22.9 Å². The molecule has 2 aliphatic rings. The fourth-order valence-electron chi connectivity index (χ4n) is 5.00. The van der Waals surface area contributed by atoms with Gasteiger partial charge in [-0.1, -0.05) is 12.1 Å². The number of aromatic nitrogens is 4. The fraction of sp³-hybridized carbons (Fsp3) is 0.478. The molecule has 3 aromatic rings. The van der Waals surface area contributed by atoms with Crippen molar-refractivity contribution in [1.82, 2.24) is 24.2 Å². The number of para-hydroxylation sites is 2. The van der Waals surface area contributed by atoms with Crippen LogP contribution in [0.25, 0.3) is 11.0 Å². The van der Waals surface area contributed by atoms with Crippen LogP contribution < -0.4 is 0 Å². The standard InChI is InChI=1S/C23H27N5O3/c1-16-17(13-26(2)25-16)11-21(29)27-9-7-23(8-10-27)12-18(31-22(23)30)14-28-15-24-19-5-3-4-6-20(19)28/h3-6,13,15,18H,7-12,14H2,1-2H3. The molecular weight excluding hydrogens is 394 g/mol. The van der Waals surface area contributed by atoms with Gasteiger partial charge < -0.3 is 14.2 Å². The van der Waals surface area contributed by atoms with Crippen molar-refractivity contribution < 1.29 is 14.3 Å². The number of ether oxygens (including phenoxy) is 1. The van der Waals surface area contributed by atoms with E-state index in [0.717, 1.165) is 22.3 Å². The molecule has 1 atom stereocenters. The van der Waals surface area contributed by atoms with Crippen LogP contribution in [0.5, 0.6) is 0 Å². The second-order valence-electron chi connectivity index (χ2n) is 8.87. The smallest absolute Gasteiger partial charge is 0.312 e. The third kappa shape index (κ3) is 3.60. The van der Waals surface area contributed by atoms with E-state index in [0.29, 0.717) is 45.3 Å². The first-order chi connectivity index (χ1) is 14.9. The molecule has 2 aliphatic heterocycles. The molecule has 0 radical (unpaired) electrons. The van der Waals surface area contributed by atoms with Crippen LogP contribution in [-0.4, -0.2) is 55.3 Å². The Labute approximate surface area is 180 Å². The number of piperidine rings is 1. The van der Waals surface area contributed by atoms with Crippen molar-refractivity contribution in [2.75, 3.05) is 13.1 Å². The molecule has 2 saturated heterocycles. The third-order valence-corrected chi connectivity index (χ3v) is 6.78. The molecule has 1 spiro atoms. The summed E-state index contributed by atoms with van der Waals surface area (Å²) in [6.07, 6.45) is 5.92. The molecule has 162 valence electrons. The predicted molar refractivity (Wildman–Crippen MR) is 114 cm³/mol. The van der Waals surface area contributed by atoms with Gasteiger partial charge in [-0.05, 0) is 31.9 Å². The highest BCUT2D eigenvalue weighted by atomic mass is 16.6. The first-order valence-electron chi connectivity index (χ1n) is 10.8. The lowest BCUT2D eigenvalue weighted by atomic mass is 9.76. The summed E-state index contributed by atoms with van der Waals surface area (Å²) in [6, 6.07) is 7.97. The van der Waals surface area contributed by atoms with E-state index in [1.54, 1.807) is 4.68 Å². The number of cyclic esters (lactones) is 1. The van der Waals surface area contributed by atoms with Gasteiger partial charge in [-0.2, -0.15) is 5.10 Å². The Hall–Kier alpha value is -3.16. The maximum absolute atomic E-state index is 12.8. The minimum Gasteiger partial charge on any atom is -0.460 e. The molecule has 0 N–H and O–H groups in total. The van der Waals surface area contributed by atoms with Crippen LogP contribution in [-0.2, 0) is 34.3 Å². The van der Waals surface area contributed by atoms with Crippen molar-refractivity contribution in [2.24, 2.45) is 12.5 Å². The summed E-state index contributed by atoms with van der Waals surface area (Å²) < 4.78 is 9.58. The molecule has 0 aliphatic carbocycles. The highest BCUT2D eigenvalue weighted by Gasteiger charge is 2.50. The predicted octanol–water partition coefficient (Wildman–Crippen LogP) is 2.25. The number of carbonyl (C=O) groups excluding carboxylic acids is 2. The molecule has 0 bridgehead atoms. The first kappa shape index (κ1) is 19.8. The minimum absolute atomic E-state index is 0.0961. The average Bonchev–Trinajstić information content (AvgIpc) is 3.39. The van der Waals surface area contributed by atoms with Crippen LogP contribution in [0.1, 0.15) is 30.5 Å². The molecule has 31 heavy (non-hydrogen) atoms. The molecule has 8 heteroatoms. The van der Waals surface area contributed by atoms with Gasteiger partial charge in [-0.3, -0.25) is 14.3 Å². The van der Waals surface area contributed by atoms with Gasteiger partial charge in [-0.15, -0.1) is 0 Å². The van der Waals surface area contributed by atoms with Crippen molar-refractivity contribution in [1.29, 1.82) is 0 Å². The van der Waals surface area contributed by atoms with Crippen molar-refractivity contribution in [3.63, 3.8) is 0 Å². The summed E-state index contributed by atoms with van der Waals surface area (Å²) in [5.74, 6) is -0.0177. The number of aryl methyl sites for hydroxylation is 2. The maximum atomic E-state index is 12.8. The number of hydrogen-bond donors (Lipinski definition) is 0. The second kappa shape index (κ2) is 7.51. The molecule has 0 saturated carbocycles. The summed E-state index contributed by atoms with van der Waals surface area (Å²) in [4.78, 5) is 31.9. The molecule has 8 nitrogen and oxygen atoms in total. The SMILES string of the molecule is Cc1nn(C)cc1CC(=O)N1CCC2(CC1)CC(Cn1cnc3ccccc31)OC2=O. The van der Waals surface area contributed by atoms with E-state index in [2.05, 4.69) is 14.6 Å². The van der Waals surface area contributed by atoms with Crippen LogP contribution in [0.2, 0.25) is 0 Å². The molecule has 4 heterocycles. The van der Waals surface area contributed by atoms with Gasteiger partial charge in [0.05, 0.1) is 41.4 Å². The number of fused-ring (bicyclic) bond motifs is 1. The number of imidazole rings is 1. The van der Waals surface area contributed by atoms with Crippen LogP contribution in [0, 0.1) is 12.3 Å². The topological polar surface area (TPSA) is 82.2 Å². The second-order valence-corrected chi connectivity index (χ2v) is 8.87. The summed E-state index contributed by atoms with van der Waals surface area (Å²) in [5, 5.41) is 4.31. The number of benzene rings is 1. The van der Waals surface area contributed by atoms with E-state index >= 15 is 0 Å². The van der Waals surface area contributed by atoms with Crippen molar-refractivity contribution in [3.05, 3.63) is 48.0 Å². The lowest BCUT2D eigenvalue weighted by Gasteiger charge is -2.36. The molecule has 1 amide bonds. The Morgan fingerprint density at radius 3 is 2.77 bits per heavy atom. The molecule has 2 aromatic heterocycles. The van der Waals surface area contributed by atoms with Crippen LogP contribution in [0.3, 0.4) is 0 Å². The quantitative estimate of drug-likeness (QED) is 0.604. The lowest BCUT2D eigenvalue weighted by molar-refractivity contribution is -0.152. The van der Waals surface area contributed by atoms with Gasteiger partial charge in [0.25, 0.3) is 0 Å². The zero-order chi connectivity index (χ0) is 21.6. The summed E-state index contributed by atoms with van der Waals surface area (Å²) in [5.41, 5.74) is 3.37. The van der Waals surface area contributed by atoms with Gasteiger partial charge in [0.15, 0.2) is 0 Å². The van der Waals surface area contributed by atoms with Gasteiger partial charge >= 0.3 is 5.97 Å². The first-order valence-corrected chi connectivity index (χ1v) is 10.8. The molecule has 1 unspecified atom stereocenters. The number of likely N-dealkylation sites (tertiary alicyclic amines) is 1. The van der Waals surface area contributed by atoms with Crippen LogP contribution >= 0.6 is 0 Å². The normalized spacial score (nSPS) is 20.5. The van der Waals surface area contributed by atoms with Crippen molar-refractivity contribution in [2.45, 2.75) is 45.3 Å². The Morgan fingerprint density at radius 1 is 1.26 bits per heavy atom. The summed E-state index contributed by atoms with van der Waals surface area (Å²) in [7, 11) is 1.86. The van der Waals surface area contributed by atoms with E-state index in [9.17, 15) is 9.59 Å². The highest BCUT2D eigenvalue weighted by molar-refractivity contribution is 5.82. The zero-order valence-corrected chi connectivity index (χ0v) is 18.0. The van der Waals surface area contributed by atoms with Gasteiger partial charge in [0.2, 0.25) is 5.91 Å². The molecule has 5 rings (SSSR count). The zero-order valence-electron chi connectivity index (χ0n) is 18.0. The number of amides is 1. The highest BCUT2D eigenvalue weighted by Crippen LogP contribution is 2.43. The number of nitrogens with zero attached hydrogens (tertiary/aromatic N) is 5. The largest absolute Gasteiger partial charge is 0.460 e. The maximum Gasteiger partial charge on any atom is 0.312 e. The lowest BCUT2D eigenvalue weighted by Crippen LogP contribution is -2.45. The minimum atomic E-state index is -0.470. The third-order valence-electron chi connectivity index (χ3n) is 6.78. The van der Waals surface area contributed by atoms with Gasteiger partial charge in [0.1, 0.15) is 6.10 Å². The fourth-order valence-corrected chi connectivity index (χ4v) is 5.00. The Balaban J connectivity index is 1.21. The summed E-state index contributed by atoms with van der Waals surface area (Å²) >= 11 is 0. The molecular formula is C23H27N5O3. The Bertz CT molecular complexity index is 1140. The average molecular weight is 422 g/mol. The number of carbonyl (C=O) groups is 2. The van der Waals surface area contributed by atoms with E-state index in [1.165, 1.54) is 0 Å². The van der Waals surface area contributed by atoms with E-state index < -0.39 is 5.41 Å². The van der Waals surface area contributed by atoms with Gasteiger partial charge in [0, 0.05) is 38.3 Å². The summed E-state index contributed by atoms with van der Waals surface area (Å²) in [6.45, 7) is 3.71. The number of esters is 1. The Morgan fingerprint density at radius 2 is 2.03 bits per heavy atom. The monoisotopic (exact) mass is 421 g/mol. The number of hydrogen-bond acceptors (Lipinski definition) is 5. The van der Waals surface area contributed by atoms with Crippen LogP contribution in [0.4, 0.5) is 0 Å². The number of rotatable bonds is 4. The van der Waals surface area contributed by atoms with Gasteiger partial charge in [-0.25, -0.2) is 4.98 Å².